The number of rotatable bonds is 5. The number of hydrogen-bond donors (Lipinski definition) is 0. The first-order chi connectivity index (χ1) is 7.86. The molecule has 3 heteroatoms. The van der Waals surface area contributed by atoms with E-state index in [-0.39, 0.29) is 5.78 Å². The van der Waals surface area contributed by atoms with Crippen molar-refractivity contribution < 1.29 is 4.79 Å². The van der Waals surface area contributed by atoms with Crippen LogP contribution in [-0.2, 0) is 5.75 Å². The molecule has 1 nitrogen and oxygen atoms in total. The molecule has 0 aliphatic heterocycles. The van der Waals surface area contributed by atoms with E-state index in [1.165, 1.54) is 16.9 Å². The van der Waals surface area contributed by atoms with Crippen LogP contribution in [0.5, 0.6) is 0 Å². The Labute approximate surface area is 104 Å². The molecule has 0 spiro atoms. The maximum atomic E-state index is 11.7. The number of thiophene rings is 1. The smallest absolute Gasteiger partial charge is 0.182 e. The second kappa shape index (κ2) is 5.87. The van der Waals surface area contributed by atoms with Gasteiger partial charge in [-0.25, -0.2) is 0 Å². The van der Waals surface area contributed by atoms with Crippen molar-refractivity contribution in [2.45, 2.75) is 5.75 Å². The molecule has 0 atom stereocenters. The molecular formula is C13H12OS2. The fourth-order valence-electron chi connectivity index (χ4n) is 1.34. The summed E-state index contributed by atoms with van der Waals surface area (Å²) in [5, 5.41) is 1.94. The van der Waals surface area contributed by atoms with Crippen molar-refractivity contribution >= 4 is 28.9 Å². The number of carbonyl (C=O) groups is 1. The minimum Gasteiger partial charge on any atom is -0.292 e. The Balaban J connectivity index is 1.79. The molecule has 0 aliphatic rings. The second-order valence-electron chi connectivity index (χ2n) is 3.38. The summed E-state index contributed by atoms with van der Waals surface area (Å²) in [6, 6.07) is 14.0. The molecule has 0 amide bonds. The summed E-state index contributed by atoms with van der Waals surface area (Å²) < 4.78 is 0. The third-order valence-corrected chi connectivity index (χ3v) is 4.06. The second-order valence-corrected chi connectivity index (χ2v) is 5.31. The molecule has 0 saturated carbocycles. The van der Waals surface area contributed by atoms with Crippen LogP contribution in [0.3, 0.4) is 0 Å². The first-order valence-electron chi connectivity index (χ1n) is 5.04. The van der Waals surface area contributed by atoms with E-state index in [1.807, 2.05) is 35.7 Å². The van der Waals surface area contributed by atoms with Crippen LogP contribution in [0, 0.1) is 0 Å². The van der Waals surface area contributed by atoms with E-state index in [0.29, 0.717) is 5.75 Å². The summed E-state index contributed by atoms with van der Waals surface area (Å²) in [6.45, 7) is 0. The van der Waals surface area contributed by atoms with Gasteiger partial charge in [-0.15, -0.1) is 23.1 Å². The van der Waals surface area contributed by atoms with Crippen LogP contribution in [0.25, 0.3) is 0 Å². The van der Waals surface area contributed by atoms with Gasteiger partial charge >= 0.3 is 0 Å². The van der Waals surface area contributed by atoms with Gasteiger partial charge in [0.15, 0.2) is 5.78 Å². The molecule has 1 aromatic heterocycles. The van der Waals surface area contributed by atoms with Crippen molar-refractivity contribution in [1.82, 2.24) is 0 Å². The van der Waals surface area contributed by atoms with Gasteiger partial charge in [0.1, 0.15) is 0 Å². The predicted octanol–water partition coefficient (Wildman–Crippen LogP) is 3.86. The highest BCUT2D eigenvalue weighted by Crippen LogP contribution is 2.16. The fraction of sp³-hybridized carbons (Fsp3) is 0.154. The Bertz CT molecular complexity index is 434. The molecule has 0 saturated heterocycles. The van der Waals surface area contributed by atoms with Gasteiger partial charge in [-0.3, -0.25) is 4.79 Å². The average Bonchev–Trinajstić information content (AvgIpc) is 2.84. The molecule has 0 radical (unpaired) electrons. The van der Waals surface area contributed by atoms with Gasteiger partial charge in [0.2, 0.25) is 0 Å². The van der Waals surface area contributed by atoms with Crippen molar-refractivity contribution in [3.8, 4) is 0 Å². The maximum Gasteiger partial charge on any atom is 0.182 e. The lowest BCUT2D eigenvalue weighted by Gasteiger charge is -2.00. The molecule has 0 bridgehead atoms. The number of benzene rings is 1. The summed E-state index contributed by atoms with van der Waals surface area (Å²) in [5.74, 6) is 1.70. The lowest BCUT2D eigenvalue weighted by atomic mass is 10.2. The normalized spacial score (nSPS) is 10.2. The molecule has 0 N–H and O–H groups in total. The Morgan fingerprint density at radius 2 is 1.94 bits per heavy atom. The molecule has 2 rings (SSSR count). The van der Waals surface area contributed by atoms with Gasteiger partial charge < -0.3 is 0 Å². The van der Waals surface area contributed by atoms with Gasteiger partial charge in [0.25, 0.3) is 0 Å². The Hall–Kier alpha value is -1.06. The van der Waals surface area contributed by atoms with E-state index in [4.69, 9.17) is 0 Å². The summed E-state index contributed by atoms with van der Waals surface area (Å²) in [4.78, 5) is 12.5. The van der Waals surface area contributed by atoms with Gasteiger partial charge in [0.05, 0.1) is 10.6 Å². The third-order valence-electron chi connectivity index (χ3n) is 2.14. The van der Waals surface area contributed by atoms with Crippen molar-refractivity contribution in [3.63, 3.8) is 0 Å². The zero-order valence-corrected chi connectivity index (χ0v) is 10.4. The van der Waals surface area contributed by atoms with Crippen LogP contribution in [0.1, 0.15) is 15.2 Å². The highest BCUT2D eigenvalue weighted by Gasteiger charge is 2.06. The lowest BCUT2D eigenvalue weighted by Crippen LogP contribution is -1.99. The number of carbonyl (C=O) groups excluding carboxylic acids is 1. The van der Waals surface area contributed by atoms with Crippen LogP contribution in [-0.4, -0.2) is 11.5 Å². The van der Waals surface area contributed by atoms with Crippen LogP contribution in [0.15, 0.2) is 47.8 Å². The van der Waals surface area contributed by atoms with Crippen LogP contribution < -0.4 is 0 Å². The summed E-state index contributed by atoms with van der Waals surface area (Å²) >= 11 is 3.18. The van der Waals surface area contributed by atoms with Crippen LogP contribution >= 0.6 is 23.1 Å². The quantitative estimate of drug-likeness (QED) is 0.747. The van der Waals surface area contributed by atoms with Crippen LogP contribution in [0.4, 0.5) is 0 Å². The predicted molar refractivity (Wildman–Crippen MR) is 71.3 cm³/mol. The summed E-state index contributed by atoms with van der Waals surface area (Å²) in [7, 11) is 0. The molecule has 16 heavy (non-hydrogen) atoms. The molecule has 1 aromatic carbocycles. The Morgan fingerprint density at radius 1 is 1.12 bits per heavy atom. The highest BCUT2D eigenvalue weighted by molar-refractivity contribution is 7.99. The standard InChI is InChI=1S/C13H12OS2/c14-12(13-7-4-8-16-13)10-15-9-11-5-2-1-3-6-11/h1-8H,9-10H2. The zero-order valence-electron chi connectivity index (χ0n) is 8.76. The van der Waals surface area contributed by atoms with E-state index >= 15 is 0 Å². The number of Topliss-reactive ketones (excluding diaryl/α,β-unsaturated/α-hetero) is 1. The molecule has 0 unspecified atom stereocenters. The SMILES string of the molecule is O=C(CSCc1ccccc1)c1cccs1. The van der Waals surface area contributed by atoms with Crippen molar-refractivity contribution in [1.29, 1.82) is 0 Å². The Kier molecular flexibility index (Phi) is 4.19. The number of thioether (sulfide) groups is 1. The Morgan fingerprint density at radius 3 is 2.62 bits per heavy atom. The first kappa shape index (κ1) is 11.4. The van der Waals surface area contributed by atoms with E-state index in [2.05, 4.69) is 12.1 Å². The van der Waals surface area contributed by atoms with Gasteiger partial charge in [-0.1, -0.05) is 36.4 Å². The minimum atomic E-state index is 0.232. The highest BCUT2D eigenvalue weighted by atomic mass is 32.2. The molecule has 2 aromatic rings. The van der Waals surface area contributed by atoms with Gasteiger partial charge in [0, 0.05) is 5.75 Å². The van der Waals surface area contributed by atoms with E-state index in [9.17, 15) is 4.79 Å². The van der Waals surface area contributed by atoms with Crippen molar-refractivity contribution in [2.24, 2.45) is 0 Å². The molecule has 1 heterocycles. The maximum absolute atomic E-state index is 11.7. The summed E-state index contributed by atoms with van der Waals surface area (Å²) in [6.07, 6.45) is 0. The van der Waals surface area contributed by atoms with Gasteiger partial charge in [-0.05, 0) is 17.0 Å². The van der Waals surface area contributed by atoms with E-state index < -0.39 is 0 Å². The van der Waals surface area contributed by atoms with Crippen LogP contribution in [0.2, 0.25) is 0 Å². The molecule has 0 fully saturated rings. The fourth-order valence-corrected chi connectivity index (χ4v) is 2.97. The lowest BCUT2D eigenvalue weighted by molar-refractivity contribution is 0.102. The molecule has 0 aliphatic carbocycles. The van der Waals surface area contributed by atoms with Crippen molar-refractivity contribution in [2.75, 3.05) is 5.75 Å². The minimum absolute atomic E-state index is 0.232. The number of ketones is 1. The zero-order chi connectivity index (χ0) is 11.2. The van der Waals surface area contributed by atoms with E-state index in [0.717, 1.165) is 10.6 Å². The summed E-state index contributed by atoms with van der Waals surface area (Å²) in [5.41, 5.74) is 1.27. The van der Waals surface area contributed by atoms with Gasteiger partial charge in [-0.2, -0.15) is 0 Å². The molecular weight excluding hydrogens is 236 g/mol. The first-order valence-corrected chi connectivity index (χ1v) is 7.08. The van der Waals surface area contributed by atoms with E-state index in [1.54, 1.807) is 11.8 Å². The van der Waals surface area contributed by atoms with Crippen molar-refractivity contribution in [3.05, 3.63) is 58.3 Å². The average molecular weight is 248 g/mol. The monoisotopic (exact) mass is 248 g/mol. The molecule has 82 valence electrons. The largest absolute Gasteiger partial charge is 0.292 e. The number of hydrogen-bond acceptors (Lipinski definition) is 3. The third kappa shape index (κ3) is 3.22. The topological polar surface area (TPSA) is 17.1 Å².